The van der Waals surface area contributed by atoms with E-state index in [0.29, 0.717) is 38.2 Å². The van der Waals surface area contributed by atoms with Gasteiger partial charge in [-0.05, 0) is 73.9 Å². The molecule has 23 heteroatoms. The maximum Gasteiger partial charge on any atom is 0.469 e. The summed E-state index contributed by atoms with van der Waals surface area (Å²) < 4.78 is 17.7. The lowest BCUT2D eigenvalue weighted by molar-refractivity contribution is -0.139. The van der Waals surface area contributed by atoms with Gasteiger partial charge in [0.05, 0.1) is 25.3 Å². The van der Waals surface area contributed by atoms with Crippen LogP contribution in [0.2, 0.25) is 0 Å². The highest BCUT2D eigenvalue weighted by Gasteiger charge is 2.37. The number of carbonyl (C=O) groups is 6. The van der Waals surface area contributed by atoms with Crippen molar-refractivity contribution in [2.45, 2.75) is 122 Å². The number of aliphatic hydroxyl groups is 1. The summed E-state index contributed by atoms with van der Waals surface area (Å²) in [4.78, 5) is 110. The van der Waals surface area contributed by atoms with Crippen molar-refractivity contribution in [2.24, 2.45) is 16.8 Å². The Hall–Kier alpha value is -5.51. The minimum absolute atomic E-state index is 0.0981. The van der Waals surface area contributed by atoms with Crippen LogP contribution < -0.4 is 27.0 Å². The van der Waals surface area contributed by atoms with Crippen molar-refractivity contribution < 1.29 is 57.6 Å². The highest BCUT2D eigenvalue weighted by Crippen LogP contribution is 2.38. The van der Waals surface area contributed by atoms with E-state index in [4.69, 9.17) is 10.6 Å². The summed E-state index contributed by atoms with van der Waals surface area (Å²) in [7, 11) is -5.12. The predicted molar refractivity (Wildman–Crippen MR) is 244 cm³/mol. The first-order valence-corrected chi connectivity index (χ1v) is 24.2. The van der Waals surface area contributed by atoms with E-state index in [1.807, 2.05) is 54.1 Å². The number of rotatable bonds is 27. The Morgan fingerprint density at radius 3 is 2.27 bits per heavy atom. The molecule has 0 saturated carbocycles. The number of nitrogens with zero attached hydrogens (tertiary/aromatic N) is 4. The first kappa shape index (κ1) is 53.1. The molecule has 66 heavy (non-hydrogen) atoms. The zero-order chi connectivity index (χ0) is 48.4. The van der Waals surface area contributed by atoms with Gasteiger partial charge in [0.1, 0.15) is 36.8 Å². The van der Waals surface area contributed by atoms with Crippen molar-refractivity contribution in [2.75, 3.05) is 19.8 Å². The average Bonchev–Trinajstić information content (AvgIpc) is 4.06. The Kier molecular flexibility index (Phi) is 20.9. The lowest BCUT2D eigenvalue weighted by Crippen LogP contribution is -2.61. The molecule has 0 aliphatic carbocycles. The second kappa shape index (κ2) is 26.0. The van der Waals surface area contributed by atoms with Crippen LogP contribution in [0.15, 0.2) is 59.5 Å². The Balaban J connectivity index is 1.41. The van der Waals surface area contributed by atoms with Gasteiger partial charge in [0.15, 0.2) is 0 Å². The molecule has 9 N–H and O–H groups in total. The highest BCUT2D eigenvalue weighted by molar-refractivity contribution is 7.46. The maximum absolute atomic E-state index is 14.1. The molecule has 3 aromatic rings. The molecule has 1 aliphatic rings. The Morgan fingerprint density at radius 2 is 1.64 bits per heavy atom. The van der Waals surface area contributed by atoms with Gasteiger partial charge in [-0.1, -0.05) is 55.8 Å². The molecule has 362 valence electrons. The van der Waals surface area contributed by atoms with Crippen molar-refractivity contribution in [3.8, 4) is 10.4 Å². The molecule has 0 radical (unpaired) electrons. The molecular formula is C43H62N9O12PS. The smallest absolute Gasteiger partial charge is 0.396 e. The van der Waals surface area contributed by atoms with Crippen molar-refractivity contribution in [1.29, 1.82) is 0 Å². The molecule has 1 saturated heterocycles. The van der Waals surface area contributed by atoms with Gasteiger partial charge in [-0.3, -0.25) is 33.3 Å². The molecule has 6 atom stereocenters. The quantitative estimate of drug-likeness (QED) is 0.0234. The molecule has 4 rings (SSSR count). The third-order valence-electron chi connectivity index (χ3n) is 10.7. The molecule has 21 nitrogen and oxygen atoms in total. The second-order valence-corrected chi connectivity index (χ2v) is 18.6. The van der Waals surface area contributed by atoms with Crippen LogP contribution in [-0.4, -0.2) is 127 Å². The number of phosphoric acid groups is 1. The third kappa shape index (κ3) is 17.0. The number of nitrogens with one attached hydrogen (secondary N) is 4. The topological polar surface area (TPSA) is 306 Å². The van der Waals surface area contributed by atoms with E-state index in [0.717, 1.165) is 43.7 Å². The van der Waals surface area contributed by atoms with Crippen LogP contribution in [0.5, 0.6) is 0 Å². The number of aryl methyl sites for hydroxylation is 1. The fraction of sp³-hybridized carbons (Fsp3) is 0.535. The maximum atomic E-state index is 14.1. The number of carbonyl (C=O) groups excluding carboxylic acids is 6. The molecule has 3 heterocycles. The number of aliphatic hydroxyl groups excluding tert-OH is 1. The van der Waals surface area contributed by atoms with E-state index >= 15 is 0 Å². The standard InChI is InChI=1S/C43H62N9O12PS/c1-27(2)21-33(48-43(59)36-11-9-18-52(36)29(4)54)40(56)47-34(41(57)49-35(25-53)42(58)50-38(39(44)55)28(3)64-65(60,61)62)22-32-24-45-26-51(32)17-7-5-6-8-19-63-46-23-30-13-15-31(16-14-30)37-12-10-20-66-37/h10,12-16,20,23-24,26-28,33-36,38,53H,5-9,11,17-19,21-22,25H2,1-4H3,(H2,44,55)(H,47,56)(H,48,59)(H,49,57)(H,50,58)(H2,60,61,62)/b46-23+/t28-,33+,34+,35+,36+,38+/m1/s1. The Morgan fingerprint density at radius 1 is 0.955 bits per heavy atom. The first-order chi connectivity index (χ1) is 31.4. The minimum Gasteiger partial charge on any atom is -0.396 e. The van der Waals surface area contributed by atoms with Gasteiger partial charge in [0.25, 0.3) is 0 Å². The number of unbranched alkanes of at least 4 members (excludes halogenated alkanes) is 3. The number of oxime groups is 1. The SMILES string of the molecule is CC(=O)N1CCC[C@H]1C(=O)N[C@@H](CC(C)C)C(=O)N[C@@H](Cc1cncn1CCCCCCO/N=C/c1ccc(-c2cccs2)cc1)C(=O)N[C@@H](CO)C(=O)N[C@H](C(N)=O)[C@@H](C)OP(=O)(O)O. The number of nitrogens with two attached hydrogens (primary N) is 1. The van der Waals surface area contributed by atoms with Crippen molar-refractivity contribution >= 4 is 60.8 Å². The van der Waals surface area contributed by atoms with Gasteiger partial charge in [0.2, 0.25) is 35.4 Å². The number of phosphoric ester groups is 1. The van der Waals surface area contributed by atoms with Gasteiger partial charge in [0, 0.05) is 43.2 Å². The van der Waals surface area contributed by atoms with Crippen molar-refractivity contribution in [3.63, 3.8) is 0 Å². The van der Waals surface area contributed by atoms with E-state index in [-0.39, 0.29) is 24.7 Å². The monoisotopic (exact) mass is 959 g/mol. The molecule has 0 bridgehead atoms. The number of imidazole rings is 1. The van der Waals surface area contributed by atoms with Crippen LogP contribution in [0.1, 0.15) is 83.9 Å². The normalized spacial score (nSPS) is 16.3. The summed E-state index contributed by atoms with van der Waals surface area (Å²) in [5, 5.41) is 26.3. The van der Waals surface area contributed by atoms with Crippen molar-refractivity contribution in [1.82, 2.24) is 35.7 Å². The Labute approximate surface area is 387 Å². The lowest BCUT2D eigenvalue weighted by Gasteiger charge is -2.28. The summed E-state index contributed by atoms with van der Waals surface area (Å²) >= 11 is 1.68. The fourth-order valence-corrected chi connectivity index (χ4v) is 8.63. The van der Waals surface area contributed by atoms with Gasteiger partial charge < -0.3 is 56.2 Å². The number of primary amides is 1. The van der Waals surface area contributed by atoms with Gasteiger partial charge in [-0.15, -0.1) is 11.3 Å². The Bertz CT molecular complexity index is 2150. The molecule has 6 amide bonds. The highest BCUT2D eigenvalue weighted by atomic mass is 32.1. The first-order valence-electron chi connectivity index (χ1n) is 21.8. The number of aromatic nitrogens is 2. The largest absolute Gasteiger partial charge is 0.469 e. The number of amides is 6. The molecule has 0 unspecified atom stereocenters. The molecular weight excluding hydrogens is 898 g/mol. The molecule has 1 aliphatic heterocycles. The van der Waals surface area contributed by atoms with E-state index in [1.54, 1.807) is 23.9 Å². The zero-order valence-corrected chi connectivity index (χ0v) is 39.2. The van der Waals surface area contributed by atoms with E-state index < -0.39 is 80.3 Å². The summed E-state index contributed by atoms with van der Waals surface area (Å²) in [6.07, 6.45) is 7.35. The van der Waals surface area contributed by atoms with Crippen LogP contribution in [0, 0.1) is 5.92 Å². The van der Waals surface area contributed by atoms with Gasteiger partial charge >= 0.3 is 7.82 Å². The van der Waals surface area contributed by atoms with E-state index in [2.05, 4.69) is 42.0 Å². The summed E-state index contributed by atoms with van der Waals surface area (Å²) in [6, 6.07) is 5.28. The fourth-order valence-electron chi connectivity index (χ4n) is 7.34. The van der Waals surface area contributed by atoms with Crippen molar-refractivity contribution in [3.05, 3.63) is 65.6 Å². The van der Waals surface area contributed by atoms with E-state index in [1.165, 1.54) is 22.9 Å². The van der Waals surface area contributed by atoms with Crippen LogP contribution in [0.25, 0.3) is 10.4 Å². The van der Waals surface area contributed by atoms with Crippen LogP contribution in [0.4, 0.5) is 0 Å². The lowest BCUT2D eigenvalue weighted by atomic mass is 10.0. The van der Waals surface area contributed by atoms with Crippen LogP contribution >= 0.6 is 19.2 Å². The molecule has 0 spiro atoms. The number of hydrogen-bond acceptors (Lipinski definition) is 13. The zero-order valence-electron chi connectivity index (χ0n) is 37.5. The summed E-state index contributed by atoms with van der Waals surface area (Å²) in [6.45, 7) is 6.46. The van der Waals surface area contributed by atoms with Crippen LogP contribution in [0.3, 0.4) is 0 Å². The number of benzene rings is 1. The number of hydrogen-bond donors (Lipinski definition) is 8. The minimum atomic E-state index is -5.12. The van der Waals surface area contributed by atoms with Crippen LogP contribution in [-0.2, 0) is 55.7 Å². The third-order valence-corrected chi connectivity index (χ3v) is 12.2. The van der Waals surface area contributed by atoms with Gasteiger partial charge in [-0.2, -0.15) is 0 Å². The summed E-state index contributed by atoms with van der Waals surface area (Å²) in [5.74, 6) is -4.93. The molecule has 1 aromatic carbocycles. The van der Waals surface area contributed by atoms with Gasteiger partial charge in [-0.25, -0.2) is 9.55 Å². The van der Waals surface area contributed by atoms with E-state index in [9.17, 15) is 48.2 Å². The number of likely N-dealkylation sites (tertiary alicyclic amines) is 1. The summed E-state index contributed by atoms with van der Waals surface area (Å²) in [5.41, 5.74) is 7.95. The molecule has 2 aromatic heterocycles. The molecule has 1 fully saturated rings. The predicted octanol–water partition coefficient (Wildman–Crippen LogP) is 1.74. The second-order valence-electron chi connectivity index (χ2n) is 16.4. The number of thiophene rings is 1. The average molecular weight is 960 g/mol.